The fourth-order valence-electron chi connectivity index (χ4n) is 1.88. The van der Waals surface area contributed by atoms with E-state index in [1.165, 1.54) is 0 Å². The quantitative estimate of drug-likeness (QED) is 0.758. The third-order valence-electron chi connectivity index (χ3n) is 2.70. The molecule has 0 aliphatic carbocycles. The molecule has 0 bridgehead atoms. The van der Waals surface area contributed by atoms with Gasteiger partial charge in [-0.2, -0.15) is 0 Å². The molecule has 18 heavy (non-hydrogen) atoms. The zero-order chi connectivity index (χ0) is 13.0. The number of carbonyl (C=O) groups excluding carboxylic acids is 1. The highest BCUT2D eigenvalue weighted by atomic mass is 16.5. The molecule has 0 spiro atoms. The Bertz CT molecular complexity index is 441. The number of carbonyl (C=O) groups is 1. The Morgan fingerprint density at radius 1 is 1.50 bits per heavy atom. The van der Waals surface area contributed by atoms with Gasteiger partial charge in [0, 0.05) is 31.4 Å². The number of allylic oxidation sites excluding steroid dienone is 1. The first-order valence-corrected chi connectivity index (χ1v) is 6.01. The molecule has 0 radical (unpaired) electrons. The van der Waals surface area contributed by atoms with Crippen LogP contribution >= 0.6 is 0 Å². The van der Waals surface area contributed by atoms with Crippen molar-refractivity contribution in [2.75, 3.05) is 13.1 Å². The molecule has 1 atom stereocenters. The molecular formula is C13H17N3O2. The van der Waals surface area contributed by atoms with Crippen molar-refractivity contribution in [3.63, 3.8) is 0 Å². The van der Waals surface area contributed by atoms with Crippen LogP contribution in [-0.4, -0.2) is 40.0 Å². The first-order valence-electron chi connectivity index (χ1n) is 6.01. The average Bonchev–Trinajstić information content (AvgIpc) is 2.78. The molecule has 1 aromatic rings. The van der Waals surface area contributed by atoms with Gasteiger partial charge in [0.1, 0.15) is 6.10 Å². The van der Waals surface area contributed by atoms with Gasteiger partial charge in [-0.1, -0.05) is 5.57 Å². The number of aromatic nitrogens is 2. The van der Waals surface area contributed by atoms with Crippen LogP contribution in [0.25, 0.3) is 0 Å². The Hall–Kier alpha value is -1.91. The smallest absolute Gasteiger partial charge is 0.246 e. The number of rotatable bonds is 3. The first-order chi connectivity index (χ1) is 8.65. The number of hydrogen-bond acceptors (Lipinski definition) is 4. The lowest BCUT2D eigenvalue weighted by atomic mass is 10.3. The molecule has 5 nitrogen and oxygen atoms in total. The van der Waals surface area contributed by atoms with E-state index in [2.05, 4.69) is 9.97 Å². The van der Waals surface area contributed by atoms with Crippen LogP contribution in [0.2, 0.25) is 0 Å². The van der Waals surface area contributed by atoms with E-state index in [1.54, 1.807) is 29.6 Å². The summed E-state index contributed by atoms with van der Waals surface area (Å²) in [5.41, 5.74) is 1.01. The summed E-state index contributed by atoms with van der Waals surface area (Å²) in [4.78, 5) is 21.6. The molecule has 1 saturated heterocycles. The Kier molecular flexibility index (Phi) is 3.92. The van der Waals surface area contributed by atoms with Crippen LogP contribution in [0.5, 0.6) is 5.88 Å². The second-order valence-corrected chi connectivity index (χ2v) is 4.58. The molecule has 0 unspecified atom stereocenters. The Morgan fingerprint density at radius 3 is 3.00 bits per heavy atom. The third-order valence-corrected chi connectivity index (χ3v) is 2.70. The topological polar surface area (TPSA) is 55.3 Å². The Balaban J connectivity index is 1.89. The van der Waals surface area contributed by atoms with Crippen LogP contribution in [0.15, 0.2) is 30.2 Å². The molecule has 1 aliphatic rings. The third kappa shape index (κ3) is 3.29. The summed E-state index contributed by atoms with van der Waals surface area (Å²) in [7, 11) is 0. The zero-order valence-electron chi connectivity index (χ0n) is 10.7. The van der Waals surface area contributed by atoms with E-state index in [4.69, 9.17) is 4.74 Å². The summed E-state index contributed by atoms with van der Waals surface area (Å²) < 4.78 is 5.67. The van der Waals surface area contributed by atoms with Gasteiger partial charge in [-0.25, -0.2) is 4.98 Å². The van der Waals surface area contributed by atoms with Gasteiger partial charge < -0.3 is 9.64 Å². The maximum Gasteiger partial charge on any atom is 0.246 e. The van der Waals surface area contributed by atoms with Crippen LogP contribution in [0.1, 0.15) is 20.3 Å². The summed E-state index contributed by atoms with van der Waals surface area (Å²) >= 11 is 0. The fourth-order valence-corrected chi connectivity index (χ4v) is 1.88. The number of likely N-dealkylation sites (tertiary alicyclic amines) is 1. The van der Waals surface area contributed by atoms with Crippen LogP contribution in [0.4, 0.5) is 0 Å². The molecule has 96 valence electrons. The maximum absolute atomic E-state index is 11.8. The molecule has 0 N–H and O–H groups in total. The maximum atomic E-state index is 11.8. The molecular weight excluding hydrogens is 230 g/mol. The van der Waals surface area contributed by atoms with Crippen molar-refractivity contribution < 1.29 is 9.53 Å². The van der Waals surface area contributed by atoms with E-state index in [-0.39, 0.29) is 12.0 Å². The minimum atomic E-state index is 0.0104. The second-order valence-electron chi connectivity index (χ2n) is 4.58. The van der Waals surface area contributed by atoms with Crippen LogP contribution in [-0.2, 0) is 4.79 Å². The van der Waals surface area contributed by atoms with Gasteiger partial charge in [0.25, 0.3) is 0 Å². The molecule has 2 rings (SSSR count). The highest BCUT2D eigenvalue weighted by Crippen LogP contribution is 2.16. The van der Waals surface area contributed by atoms with E-state index in [1.807, 2.05) is 13.8 Å². The lowest BCUT2D eigenvalue weighted by Gasteiger charge is -2.15. The lowest BCUT2D eigenvalue weighted by Crippen LogP contribution is -2.29. The largest absolute Gasteiger partial charge is 0.471 e. The second kappa shape index (κ2) is 5.62. The van der Waals surface area contributed by atoms with Crippen LogP contribution in [0.3, 0.4) is 0 Å². The van der Waals surface area contributed by atoms with Crippen molar-refractivity contribution in [1.29, 1.82) is 0 Å². The highest BCUT2D eigenvalue weighted by molar-refractivity contribution is 5.88. The average molecular weight is 247 g/mol. The van der Waals surface area contributed by atoms with Gasteiger partial charge in [-0.3, -0.25) is 9.78 Å². The molecule has 1 fully saturated rings. The molecule has 1 amide bonds. The predicted molar refractivity (Wildman–Crippen MR) is 67.1 cm³/mol. The Labute approximate surface area is 106 Å². The number of hydrogen-bond donors (Lipinski definition) is 0. The van der Waals surface area contributed by atoms with Crippen molar-refractivity contribution in [3.05, 3.63) is 30.2 Å². The molecule has 0 aromatic carbocycles. The van der Waals surface area contributed by atoms with E-state index in [0.717, 1.165) is 18.5 Å². The molecule has 0 saturated carbocycles. The number of amides is 1. The van der Waals surface area contributed by atoms with Crippen molar-refractivity contribution in [2.24, 2.45) is 0 Å². The summed E-state index contributed by atoms with van der Waals surface area (Å²) in [6, 6.07) is 0. The minimum absolute atomic E-state index is 0.0104. The fraction of sp³-hybridized carbons (Fsp3) is 0.462. The molecule has 2 heterocycles. The molecule has 5 heteroatoms. The van der Waals surface area contributed by atoms with E-state index in [9.17, 15) is 4.79 Å². The summed E-state index contributed by atoms with van der Waals surface area (Å²) in [6.45, 7) is 5.18. The van der Waals surface area contributed by atoms with Crippen molar-refractivity contribution in [3.8, 4) is 5.88 Å². The van der Waals surface area contributed by atoms with E-state index < -0.39 is 0 Å². The van der Waals surface area contributed by atoms with Crippen molar-refractivity contribution in [2.45, 2.75) is 26.4 Å². The highest BCUT2D eigenvalue weighted by Gasteiger charge is 2.26. The molecule has 1 aromatic heterocycles. The van der Waals surface area contributed by atoms with Gasteiger partial charge in [0.2, 0.25) is 11.8 Å². The SMILES string of the molecule is CC(C)=CC(=O)N1CC[C@H](Oc2cnccn2)C1. The van der Waals surface area contributed by atoms with Gasteiger partial charge >= 0.3 is 0 Å². The van der Waals surface area contributed by atoms with Crippen molar-refractivity contribution in [1.82, 2.24) is 14.9 Å². The van der Waals surface area contributed by atoms with Gasteiger partial charge in [0.15, 0.2) is 0 Å². The first kappa shape index (κ1) is 12.5. The summed E-state index contributed by atoms with van der Waals surface area (Å²) in [5.74, 6) is 0.569. The standard InChI is InChI=1S/C13H17N3O2/c1-10(2)7-13(17)16-6-3-11(9-16)18-12-8-14-4-5-15-12/h4-5,7-8,11H,3,6,9H2,1-2H3/t11-/m0/s1. The van der Waals surface area contributed by atoms with Gasteiger partial charge in [-0.15, -0.1) is 0 Å². The van der Waals surface area contributed by atoms with Crippen LogP contribution in [0, 0.1) is 0 Å². The number of nitrogens with zero attached hydrogens (tertiary/aromatic N) is 3. The number of ether oxygens (including phenoxy) is 1. The predicted octanol–water partition coefficient (Wildman–Crippen LogP) is 1.42. The normalized spacial score (nSPS) is 18.6. The van der Waals surface area contributed by atoms with Gasteiger partial charge in [-0.05, 0) is 13.8 Å². The summed E-state index contributed by atoms with van der Waals surface area (Å²) in [6.07, 6.45) is 7.28. The lowest BCUT2D eigenvalue weighted by molar-refractivity contribution is -0.125. The van der Waals surface area contributed by atoms with E-state index >= 15 is 0 Å². The Morgan fingerprint density at radius 2 is 2.33 bits per heavy atom. The van der Waals surface area contributed by atoms with Gasteiger partial charge in [0.05, 0.1) is 12.7 Å². The minimum Gasteiger partial charge on any atom is -0.471 e. The monoisotopic (exact) mass is 247 g/mol. The van der Waals surface area contributed by atoms with Crippen molar-refractivity contribution >= 4 is 5.91 Å². The van der Waals surface area contributed by atoms with Crippen LogP contribution < -0.4 is 4.74 Å². The zero-order valence-corrected chi connectivity index (χ0v) is 10.7. The summed E-state index contributed by atoms with van der Waals surface area (Å²) in [5, 5.41) is 0. The van der Waals surface area contributed by atoms with E-state index in [0.29, 0.717) is 12.4 Å². The molecule has 1 aliphatic heterocycles.